The first kappa shape index (κ1) is 20.0. The Morgan fingerprint density at radius 1 is 0.933 bits per heavy atom. The maximum Gasteiger partial charge on any atom is 0.264 e. The Bertz CT molecular complexity index is 1120. The lowest BCUT2D eigenvalue weighted by molar-refractivity contribution is -0.127. The molecule has 4 rings (SSSR count). The van der Waals surface area contributed by atoms with E-state index in [2.05, 4.69) is 5.32 Å². The van der Waals surface area contributed by atoms with Crippen LogP contribution in [0, 0.1) is 0 Å². The molecule has 3 aromatic carbocycles. The number of nitrogens with zero attached hydrogens (tertiary/aromatic N) is 1. The van der Waals surface area contributed by atoms with Gasteiger partial charge in [-0.1, -0.05) is 60.7 Å². The Kier molecular flexibility index (Phi) is 5.72. The van der Waals surface area contributed by atoms with Crippen molar-refractivity contribution in [3.05, 3.63) is 90.5 Å². The summed E-state index contributed by atoms with van der Waals surface area (Å²) in [7, 11) is -3.83. The second kappa shape index (κ2) is 8.59. The number of nitrogens with one attached hydrogen (secondary N) is 1. The number of carbonyl (C=O) groups is 1. The molecule has 6 nitrogen and oxygen atoms in total. The van der Waals surface area contributed by atoms with Crippen molar-refractivity contribution in [3.63, 3.8) is 0 Å². The van der Waals surface area contributed by atoms with Gasteiger partial charge in [-0.05, 0) is 36.2 Å². The van der Waals surface area contributed by atoms with E-state index >= 15 is 0 Å². The van der Waals surface area contributed by atoms with Crippen LogP contribution in [0.25, 0.3) is 0 Å². The van der Waals surface area contributed by atoms with Gasteiger partial charge in [0, 0.05) is 6.54 Å². The SMILES string of the molecule is O=C(NCCc1ccccc1)[C@H]1CN(S(=O)(=O)c2ccccc2)c2ccccc2O1. The standard InChI is InChI=1S/C23H22N2O4S/c26-23(24-16-15-18-9-3-1-4-10-18)22-17-25(20-13-7-8-14-21(20)29-22)30(27,28)19-11-5-2-6-12-19/h1-14,22H,15-17H2,(H,24,26)/t22-/m1/s1. The molecule has 0 unspecified atom stereocenters. The molecule has 1 aliphatic rings. The number of para-hydroxylation sites is 2. The smallest absolute Gasteiger partial charge is 0.264 e. The van der Waals surface area contributed by atoms with Crippen molar-refractivity contribution in [1.82, 2.24) is 5.32 Å². The number of ether oxygens (including phenoxy) is 1. The minimum atomic E-state index is -3.83. The molecule has 1 amide bonds. The number of amides is 1. The van der Waals surface area contributed by atoms with E-state index in [1.165, 1.54) is 4.31 Å². The summed E-state index contributed by atoms with van der Waals surface area (Å²) in [5.74, 6) is 0.0279. The summed E-state index contributed by atoms with van der Waals surface area (Å²) in [5, 5.41) is 2.86. The molecule has 30 heavy (non-hydrogen) atoms. The topological polar surface area (TPSA) is 75.7 Å². The minimum absolute atomic E-state index is 0.0919. The van der Waals surface area contributed by atoms with Crippen molar-refractivity contribution in [2.24, 2.45) is 0 Å². The Morgan fingerprint density at radius 2 is 1.57 bits per heavy atom. The summed E-state index contributed by atoms with van der Waals surface area (Å²) in [6.45, 7) is 0.348. The average molecular weight is 423 g/mol. The Balaban J connectivity index is 1.53. The Hall–Kier alpha value is -3.32. The third-order valence-corrected chi connectivity index (χ3v) is 6.71. The van der Waals surface area contributed by atoms with Crippen molar-refractivity contribution in [2.45, 2.75) is 17.4 Å². The predicted molar refractivity (Wildman–Crippen MR) is 115 cm³/mol. The average Bonchev–Trinajstić information content (AvgIpc) is 2.79. The van der Waals surface area contributed by atoms with Crippen LogP contribution in [0.1, 0.15) is 5.56 Å². The molecule has 1 atom stereocenters. The van der Waals surface area contributed by atoms with Crippen LogP contribution in [0.2, 0.25) is 0 Å². The van der Waals surface area contributed by atoms with Crippen LogP contribution in [-0.4, -0.2) is 33.5 Å². The van der Waals surface area contributed by atoms with Gasteiger partial charge in [0.1, 0.15) is 5.75 Å². The number of hydrogen-bond donors (Lipinski definition) is 1. The second-order valence-corrected chi connectivity index (χ2v) is 8.81. The van der Waals surface area contributed by atoms with E-state index in [1.807, 2.05) is 30.3 Å². The van der Waals surface area contributed by atoms with Crippen LogP contribution in [0.5, 0.6) is 5.75 Å². The van der Waals surface area contributed by atoms with E-state index in [0.29, 0.717) is 24.4 Å². The van der Waals surface area contributed by atoms with Gasteiger partial charge in [-0.15, -0.1) is 0 Å². The zero-order valence-electron chi connectivity index (χ0n) is 16.3. The first-order valence-corrected chi connectivity index (χ1v) is 11.1. The fraction of sp³-hybridized carbons (Fsp3) is 0.174. The van der Waals surface area contributed by atoms with Crippen LogP contribution in [0.15, 0.2) is 89.8 Å². The molecule has 1 aliphatic heterocycles. The number of fused-ring (bicyclic) bond motifs is 1. The molecule has 1 N–H and O–H groups in total. The van der Waals surface area contributed by atoms with Gasteiger partial charge >= 0.3 is 0 Å². The maximum atomic E-state index is 13.3. The van der Waals surface area contributed by atoms with Gasteiger partial charge in [0.15, 0.2) is 6.10 Å². The molecule has 3 aromatic rings. The summed E-state index contributed by atoms with van der Waals surface area (Å²) >= 11 is 0. The first-order chi connectivity index (χ1) is 14.6. The van der Waals surface area contributed by atoms with E-state index in [0.717, 1.165) is 5.56 Å². The summed E-state index contributed by atoms with van der Waals surface area (Å²) in [6.07, 6.45) is -0.254. The summed E-state index contributed by atoms with van der Waals surface area (Å²) in [4.78, 5) is 12.9. The highest BCUT2D eigenvalue weighted by Gasteiger charge is 2.37. The van der Waals surface area contributed by atoms with Gasteiger partial charge in [0.2, 0.25) is 0 Å². The molecule has 0 bridgehead atoms. The third kappa shape index (κ3) is 4.16. The van der Waals surface area contributed by atoms with Crippen LogP contribution in [-0.2, 0) is 21.2 Å². The predicted octanol–water partition coefficient (Wildman–Crippen LogP) is 3.00. The fourth-order valence-corrected chi connectivity index (χ4v) is 4.87. The van der Waals surface area contributed by atoms with Gasteiger partial charge in [-0.2, -0.15) is 0 Å². The second-order valence-electron chi connectivity index (χ2n) is 6.95. The van der Waals surface area contributed by atoms with Crippen LogP contribution in [0.3, 0.4) is 0 Å². The van der Waals surface area contributed by atoms with Gasteiger partial charge in [0.05, 0.1) is 17.1 Å². The molecule has 1 heterocycles. The molecule has 0 saturated heterocycles. The Morgan fingerprint density at radius 3 is 2.30 bits per heavy atom. The van der Waals surface area contributed by atoms with Crippen LogP contribution in [0.4, 0.5) is 5.69 Å². The molecule has 0 radical (unpaired) electrons. The van der Waals surface area contributed by atoms with Gasteiger partial charge in [-0.3, -0.25) is 9.10 Å². The van der Waals surface area contributed by atoms with E-state index in [1.54, 1.807) is 54.6 Å². The molecule has 0 spiro atoms. The molecule has 0 aliphatic carbocycles. The number of hydrogen-bond acceptors (Lipinski definition) is 4. The van der Waals surface area contributed by atoms with Gasteiger partial charge in [-0.25, -0.2) is 8.42 Å². The third-order valence-electron chi connectivity index (χ3n) is 4.91. The molecule has 0 aromatic heterocycles. The van der Waals surface area contributed by atoms with Crippen molar-refractivity contribution in [2.75, 3.05) is 17.4 Å². The summed E-state index contributed by atoms with van der Waals surface area (Å²) in [6, 6.07) is 24.9. The first-order valence-electron chi connectivity index (χ1n) is 9.71. The largest absolute Gasteiger partial charge is 0.476 e. The van der Waals surface area contributed by atoms with Crippen molar-refractivity contribution in [3.8, 4) is 5.75 Å². The molecule has 154 valence electrons. The van der Waals surface area contributed by atoms with Gasteiger partial charge < -0.3 is 10.1 Å². The van der Waals surface area contributed by atoms with E-state index in [-0.39, 0.29) is 17.3 Å². The van der Waals surface area contributed by atoms with Crippen molar-refractivity contribution < 1.29 is 17.9 Å². The van der Waals surface area contributed by atoms with Crippen molar-refractivity contribution >= 4 is 21.6 Å². The Labute approximate surface area is 176 Å². The lowest BCUT2D eigenvalue weighted by atomic mass is 10.1. The minimum Gasteiger partial charge on any atom is -0.476 e. The molecular formula is C23H22N2O4S. The zero-order chi connectivity index (χ0) is 21.0. The molecule has 0 saturated carbocycles. The maximum absolute atomic E-state index is 13.3. The van der Waals surface area contributed by atoms with E-state index < -0.39 is 16.1 Å². The normalized spacial score (nSPS) is 15.7. The van der Waals surface area contributed by atoms with E-state index in [4.69, 9.17) is 4.74 Å². The van der Waals surface area contributed by atoms with E-state index in [9.17, 15) is 13.2 Å². The highest BCUT2D eigenvalue weighted by molar-refractivity contribution is 7.92. The van der Waals surface area contributed by atoms with Crippen LogP contribution >= 0.6 is 0 Å². The number of sulfonamides is 1. The summed E-state index contributed by atoms with van der Waals surface area (Å²) in [5.41, 5.74) is 1.54. The lowest BCUT2D eigenvalue weighted by Crippen LogP contribution is -2.50. The number of rotatable bonds is 6. The molecule has 0 fully saturated rings. The molecular weight excluding hydrogens is 400 g/mol. The van der Waals surface area contributed by atoms with Crippen LogP contribution < -0.4 is 14.4 Å². The highest BCUT2D eigenvalue weighted by atomic mass is 32.2. The lowest BCUT2D eigenvalue weighted by Gasteiger charge is -2.34. The van der Waals surface area contributed by atoms with Gasteiger partial charge in [0.25, 0.3) is 15.9 Å². The molecule has 7 heteroatoms. The number of benzene rings is 3. The van der Waals surface area contributed by atoms with Crippen molar-refractivity contribution in [1.29, 1.82) is 0 Å². The number of anilines is 1. The zero-order valence-corrected chi connectivity index (χ0v) is 17.1. The monoisotopic (exact) mass is 422 g/mol. The highest BCUT2D eigenvalue weighted by Crippen LogP contribution is 2.36. The fourth-order valence-electron chi connectivity index (χ4n) is 3.37. The number of carbonyl (C=O) groups excluding carboxylic acids is 1. The summed E-state index contributed by atoms with van der Waals surface area (Å²) < 4.78 is 33.6. The quantitative estimate of drug-likeness (QED) is 0.663.